The van der Waals surface area contributed by atoms with E-state index in [-0.39, 0.29) is 0 Å². The third-order valence-electron chi connectivity index (χ3n) is 26.3. The van der Waals surface area contributed by atoms with Crippen molar-refractivity contribution in [1.29, 1.82) is 0 Å². The van der Waals surface area contributed by atoms with Crippen molar-refractivity contribution in [3.63, 3.8) is 0 Å². The normalized spacial score (nSPS) is 11.3. The summed E-state index contributed by atoms with van der Waals surface area (Å²) in [6.45, 7) is 0. The SMILES string of the molecule is c1ccc(-c2nc(-c3ccccc3)nc(-c3cc(-c4cccc5ccccc45)cc(-c4cccc5ccccc45)c3)n2)cc1.c1ccc2c(-c3ccc(-c4nc(-c5ccc(-c6cccc7ccccc67)cc5)nc(-c5cccc6ccccc56)n4)cc3)cccc2c1.c1ccc2c(-c3ccc(-c4nc(-c5ccc(-c6cccc7ccccc67)cc5)nc(-c5ccnc6ccccc56)n4)cc3)cccc2c1. The van der Waals surface area contributed by atoms with E-state index in [1.807, 2.05) is 91.1 Å². The minimum absolute atomic E-state index is 0.616. The van der Waals surface area contributed by atoms with Gasteiger partial charge in [-0.2, -0.15) is 0 Å². The molecule has 654 valence electrons. The summed E-state index contributed by atoms with van der Waals surface area (Å²) in [5.74, 6) is 5.75. The Labute approximate surface area is 809 Å². The molecule has 0 saturated carbocycles. The Morgan fingerprint density at radius 1 is 0.107 bits per heavy atom. The molecule has 10 heteroatoms. The molecule has 0 saturated heterocycles. The molecule has 0 fully saturated rings. The van der Waals surface area contributed by atoms with Crippen LogP contribution in [-0.4, -0.2) is 49.8 Å². The van der Waals surface area contributed by atoms with Gasteiger partial charge in [-0.25, -0.2) is 44.9 Å². The quantitative estimate of drug-likeness (QED) is 0.0978. The number of pyridine rings is 1. The van der Waals surface area contributed by atoms with Crippen LogP contribution in [0.3, 0.4) is 0 Å². The predicted molar refractivity (Wildman–Crippen MR) is 579 cm³/mol. The van der Waals surface area contributed by atoms with E-state index < -0.39 is 0 Å². The van der Waals surface area contributed by atoms with Crippen LogP contribution >= 0.6 is 0 Å². The van der Waals surface area contributed by atoms with Gasteiger partial charge >= 0.3 is 0 Å². The zero-order chi connectivity index (χ0) is 93.0. The van der Waals surface area contributed by atoms with Crippen LogP contribution in [0.25, 0.3) is 256 Å². The van der Waals surface area contributed by atoms with Crippen molar-refractivity contribution in [2.45, 2.75) is 0 Å². The molecule has 22 aromatic carbocycles. The minimum Gasteiger partial charge on any atom is -0.256 e. The number of nitrogens with zero attached hydrogens (tertiary/aromatic N) is 10. The molecule has 0 aliphatic rings. The van der Waals surface area contributed by atoms with E-state index in [0.717, 1.165) is 105 Å². The van der Waals surface area contributed by atoms with Crippen LogP contribution in [-0.2, 0) is 0 Å². The van der Waals surface area contributed by atoms with Gasteiger partial charge in [-0.15, -0.1) is 0 Å². The fraction of sp³-hybridized carbons (Fsp3) is 0. The molecule has 0 amide bonds. The van der Waals surface area contributed by atoms with E-state index >= 15 is 0 Å². The molecule has 0 spiro atoms. The summed E-state index contributed by atoms with van der Waals surface area (Å²) in [5, 5.41) is 17.9. The highest BCUT2D eigenvalue weighted by Gasteiger charge is 2.22. The van der Waals surface area contributed by atoms with Crippen molar-refractivity contribution in [3.8, 4) is 169 Å². The van der Waals surface area contributed by atoms with Crippen molar-refractivity contribution in [1.82, 2.24) is 49.8 Å². The summed E-state index contributed by atoms with van der Waals surface area (Å²) in [7, 11) is 0. The topological polar surface area (TPSA) is 129 Å². The van der Waals surface area contributed by atoms with E-state index in [9.17, 15) is 0 Å². The number of rotatable bonds is 15. The van der Waals surface area contributed by atoms with Crippen LogP contribution in [0.15, 0.2) is 510 Å². The van der Waals surface area contributed by atoms with Gasteiger partial charge in [0.1, 0.15) is 0 Å². The number of aromatic nitrogens is 10. The maximum absolute atomic E-state index is 5.08. The molecule has 4 heterocycles. The van der Waals surface area contributed by atoms with Crippen molar-refractivity contribution in [2.75, 3.05) is 0 Å². The highest BCUT2D eigenvalue weighted by Crippen LogP contribution is 2.43. The van der Waals surface area contributed by atoms with Crippen molar-refractivity contribution in [2.24, 2.45) is 0 Å². The first-order valence-electron chi connectivity index (χ1n) is 47.0. The second-order valence-electron chi connectivity index (χ2n) is 34.8. The summed E-state index contributed by atoms with van der Waals surface area (Å²) in [4.78, 5) is 50.0. The van der Waals surface area contributed by atoms with Gasteiger partial charge in [0.05, 0.1) is 5.52 Å². The monoisotopic (exact) mass is 1780 g/mol. The number of para-hydroxylation sites is 1. The molecule has 0 radical (unpaired) electrons. The van der Waals surface area contributed by atoms with Gasteiger partial charge < -0.3 is 0 Å². The lowest BCUT2D eigenvalue weighted by Gasteiger charge is -2.14. The summed E-state index contributed by atoms with van der Waals surface area (Å²) < 4.78 is 0. The van der Waals surface area contributed by atoms with Crippen LogP contribution < -0.4 is 0 Å². The molecular weight excluding hydrogens is 1700 g/mol. The van der Waals surface area contributed by atoms with E-state index in [1.54, 1.807) is 0 Å². The molecular formula is C130H84N10. The zero-order valence-electron chi connectivity index (χ0n) is 76.0. The maximum Gasteiger partial charge on any atom is 0.164 e. The summed E-state index contributed by atoms with van der Waals surface area (Å²) in [6, 6.07) is 176. The van der Waals surface area contributed by atoms with E-state index in [0.29, 0.717) is 52.4 Å². The maximum atomic E-state index is 5.08. The van der Waals surface area contributed by atoms with Gasteiger partial charge in [-0.05, 0) is 173 Å². The largest absolute Gasteiger partial charge is 0.256 e. The standard InChI is InChI=1S/C45H29N3.C44H28N4.C41H27N3/c1-4-16-37-30(10-1)13-7-19-39(37)33-22-26-35(27-23-33)43-46-44(48-45(47-43)42-21-9-15-32-12-3-6-18-41(32)42)36-28-24-34(25-29-36)40-20-8-14-31-11-2-5-17-38(31)40;1-3-13-35-29(9-1)11-7-16-37(35)31-19-23-33(24-20-31)42-46-43(48-44(47-42)40-27-28-45-41-18-6-5-15-39(40)41)34-25-21-32(22-26-34)38-17-8-12-30-10-2-4-14-36(30)38;1-3-15-30(16-4-1)39-42-40(31-17-5-2-6-18-31)44-41(43-39)34-26-32(37-23-11-19-28-13-7-9-21-35(28)37)25-33(27-34)38-24-12-20-29-14-8-10-22-36(29)38/h1-29H;1-28H;1-27H. The van der Waals surface area contributed by atoms with E-state index in [1.165, 1.54) is 98.0 Å². The van der Waals surface area contributed by atoms with Crippen molar-refractivity contribution in [3.05, 3.63) is 510 Å². The first-order valence-corrected chi connectivity index (χ1v) is 47.0. The third kappa shape index (κ3) is 16.9. The Bertz CT molecular complexity index is 8330. The molecule has 4 aromatic heterocycles. The summed E-state index contributed by atoms with van der Waals surface area (Å²) in [6.07, 6.45) is 1.82. The number of fused-ring (bicyclic) bond motifs is 8. The number of hydrogen-bond acceptors (Lipinski definition) is 10. The van der Waals surface area contributed by atoms with Crippen LogP contribution in [0.5, 0.6) is 0 Å². The van der Waals surface area contributed by atoms with Crippen molar-refractivity contribution < 1.29 is 0 Å². The van der Waals surface area contributed by atoms with Gasteiger partial charge in [0.2, 0.25) is 0 Å². The van der Waals surface area contributed by atoms with E-state index in [4.69, 9.17) is 44.9 Å². The Morgan fingerprint density at radius 2 is 0.293 bits per heavy atom. The predicted octanol–water partition coefficient (Wildman–Crippen LogP) is 33.2. The third-order valence-corrected chi connectivity index (χ3v) is 26.3. The zero-order valence-corrected chi connectivity index (χ0v) is 76.0. The highest BCUT2D eigenvalue weighted by molar-refractivity contribution is 6.05. The molecule has 0 atom stereocenters. The minimum atomic E-state index is 0.616. The Hall–Kier alpha value is -18.9. The lowest BCUT2D eigenvalue weighted by atomic mass is 9.91. The fourth-order valence-corrected chi connectivity index (χ4v) is 19.3. The molecule has 0 aliphatic heterocycles. The fourth-order valence-electron chi connectivity index (χ4n) is 19.3. The lowest BCUT2D eigenvalue weighted by molar-refractivity contribution is 1.07. The molecule has 26 aromatic rings. The molecule has 26 rings (SSSR count). The van der Waals surface area contributed by atoms with Gasteiger partial charge in [0.25, 0.3) is 0 Å². The summed E-state index contributed by atoms with van der Waals surface area (Å²) >= 11 is 0. The molecule has 0 unspecified atom stereocenters. The van der Waals surface area contributed by atoms with Gasteiger partial charge in [-0.1, -0.05) is 473 Å². The van der Waals surface area contributed by atoms with Crippen LogP contribution in [0.4, 0.5) is 0 Å². The lowest BCUT2D eigenvalue weighted by Crippen LogP contribution is -2.01. The van der Waals surface area contributed by atoms with Gasteiger partial charge in [0, 0.05) is 61.7 Å². The van der Waals surface area contributed by atoms with Crippen LogP contribution in [0.1, 0.15) is 0 Å². The van der Waals surface area contributed by atoms with Gasteiger partial charge in [-0.3, -0.25) is 4.98 Å². The highest BCUT2D eigenvalue weighted by atomic mass is 15.1. The molecule has 0 N–H and O–H groups in total. The van der Waals surface area contributed by atoms with E-state index in [2.05, 4.69) is 424 Å². The first-order chi connectivity index (χ1) is 69.4. The van der Waals surface area contributed by atoms with Crippen LogP contribution in [0.2, 0.25) is 0 Å². The summed E-state index contributed by atoms with van der Waals surface area (Å²) in [5.41, 5.74) is 23.4. The molecule has 140 heavy (non-hydrogen) atoms. The van der Waals surface area contributed by atoms with Crippen LogP contribution in [0, 0.1) is 0 Å². The number of hydrogen-bond donors (Lipinski definition) is 0. The Kier molecular flexibility index (Phi) is 22.5. The molecule has 10 nitrogen and oxygen atoms in total. The molecule has 0 aliphatic carbocycles. The second-order valence-corrected chi connectivity index (χ2v) is 34.8. The Balaban J connectivity index is 0.000000114. The second kappa shape index (κ2) is 37.5. The average molecular weight is 1790 g/mol. The van der Waals surface area contributed by atoms with Crippen molar-refractivity contribution >= 4 is 86.3 Å². The smallest absolute Gasteiger partial charge is 0.164 e. The molecule has 0 bridgehead atoms. The van der Waals surface area contributed by atoms with Gasteiger partial charge in [0.15, 0.2) is 52.4 Å². The number of benzene rings is 22. The Morgan fingerprint density at radius 3 is 0.579 bits per heavy atom. The average Bonchev–Trinajstić information content (AvgIpc) is 0.762. The first kappa shape index (κ1) is 84.1.